The lowest BCUT2D eigenvalue weighted by atomic mass is 9.98. The summed E-state index contributed by atoms with van der Waals surface area (Å²) in [6.45, 7) is 0.418. The van der Waals surface area contributed by atoms with Crippen LogP contribution in [-0.4, -0.2) is 42.3 Å². The third-order valence-electron chi connectivity index (χ3n) is 7.40. The highest BCUT2D eigenvalue weighted by Crippen LogP contribution is 2.46. The summed E-state index contributed by atoms with van der Waals surface area (Å²) < 4.78 is 5.57. The van der Waals surface area contributed by atoms with Crippen molar-refractivity contribution >= 4 is 18.0 Å². The monoisotopic (exact) mass is 448 g/mol. The highest BCUT2D eigenvalue weighted by molar-refractivity contribution is 5.87. The number of carbonyl (C=O) groups excluding carboxylic acids is 2. The van der Waals surface area contributed by atoms with Gasteiger partial charge in [0.25, 0.3) is 0 Å². The van der Waals surface area contributed by atoms with Gasteiger partial charge in [0.1, 0.15) is 6.61 Å². The van der Waals surface area contributed by atoms with Gasteiger partial charge in [-0.25, -0.2) is 4.79 Å². The van der Waals surface area contributed by atoms with Gasteiger partial charge in [0, 0.05) is 18.5 Å². The van der Waals surface area contributed by atoms with Gasteiger partial charge in [-0.2, -0.15) is 0 Å². The number of aliphatic carboxylic acids is 1. The molecular weight excluding hydrogens is 420 g/mol. The molecule has 2 aromatic rings. The number of ether oxygens (including phenoxy) is 1. The normalized spacial score (nSPS) is 22.2. The van der Waals surface area contributed by atoms with Crippen LogP contribution in [0.3, 0.4) is 0 Å². The Bertz CT molecular complexity index is 1050. The van der Waals surface area contributed by atoms with Crippen molar-refractivity contribution in [3.05, 3.63) is 59.7 Å². The number of amides is 2. The van der Waals surface area contributed by atoms with E-state index in [4.69, 9.17) is 4.74 Å². The Labute approximate surface area is 192 Å². The smallest absolute Gasteiger partial charge is 0.407 e. The van der Waals surface area contributed by atoms with Crippen LogP contribution in [-0.2, 0) is 14.3 Å². The van der Waals surface area contributed by atoms with Crippen LogP contribution in [0.15, 0.2) is 48.5 Å². The maximum atomic E-state index is 12.8. The van der Waals surface area contributed by atoms with E-state index >= 15 is 0 Å². The largest absolute Gasteiger partial charge is 0.481 e. The molecule has 0 unspecified atom stereocenters. The molecule has 3 aliphatic carbocycles. The van der Waals surface area contributed by atoms with Crippen LogP contribution < -0.4 is 10.6 Å². The molecule has 2 fully saturated rings. The fourth-order valence-electron chi connectivity index (χ4n) is 5.28. The average molecular weight is 449 g/mol. The summed E-state index contributed by atoms with van der Waals surface area (Å²) in [4.78, 5) is 36.7. The fraction of sp³-hybridized carbons (Fsp3) is 0.423. The van der Waals surface area contributed by atoms with Gasteiger partial charge in [-0.1, -0.05) is 55.0 Å². The van der Waals surface area contributed by atoms with Gasteiger partial charge in [0.15, 0.2) is 0 Å². The Kier molecular flexibility index (Phi) is 5.56. The Morgan fingerprint density at radius 3 is 2.21 bits per heavy atom. The molecule has 0 bridgehead atoms. The molecule has 7 heteroatoms. The first-order chi connectivity index (χ1) is 16.0. The SMILES string of the molecule is O=C(NCC1(C(=O)N[C@H]2CCC[C@H]2C(=O)O)CC1)OCC1c2ccccc2-c2ccccc21. The minimum atomic E-state index is -0.862. The number of hydrogen-bond acceptors (Lipinski definition) is 4. The lowest BCUT2D eigenvalue weighted by Gasteiger charge is -2.22. The summed E-state index contributed by atoms with van der Waals surface area (Å²) in [5.74, 6) is -1.57. The lowest BCUT2D eigenvalue weighted by molar-refractivity contribution is -0.142. The van der Waals surface area contributed by atoms with Crippen molar-refractivity contribution in [2.24, 2.45) is 11.3 Å². The number of carbonyl (C=O) groups is 3. The number of carboxylic acid groups (broad SMARTS) is 1. The van der Waals surface area contributed by atoms with E-state index in [0.717, 1.165) is 17.5 Å². The van der Waals surface area contributed by atoms with E-state index in [1.807, 2.05) is 24.3 Å². The molecule has 0 aliphatic heterocycles. The van der Waals surface area contributed by atoms with E-state index in [9.17, 15) is 19.5 Å². The van der Waals surface area contributed by atoms with Crippen LogP contribution in [0.5, 0.6) is 0 Å². The summed E-state index contributed by atoms with van der Waals surface area (Å²) >= 11 is 0. The molecule has 2 atom stereocenters. The first-order valence-electron chi connectivity index (χ1n) is 11.6. The predicted octanol–water partition coefficient (Wildman–Crippen LogP) is 3.67. The molecule has 7 nitrogen and oxygen atoms in total. The molecule has 2 amide bonds. The van der Waals surface area contributed by atoms with Crippen LogP contribution in [0.2, 0.25) is 0 Å². The molecule has 0 radical (unpaired) electrons. The molecule has 0 saturated heterocycles. The van der Waals surface area contributed by atoms with Crippen molar-refractivity contribution in [2.45, 2.75) is 44.1 Å². The van der Waals surface area contributed by atoms with Crippen molar-refractivity contribution < 1.29 is 24.2 Å². The lowest BCUT2D eigenvalue weighted by Crippen LogP contribution is -2.47. The van der Waals surface area contributed by atoms with Crippen molar-refractivity contribution in [1.29, 1.82) is 0 Å². The maximum absolute atomic E-state index is 12.8. The van der Waals surface area contributed by atoms with Crippen LogP contribution in [0.4, 0.5) is 4.79 Å². The number of carboxylic acids is 1. The van der Waals surface area contributed by atoms with Crippen LogP contribution >= 0.6 is 0 Å². The van der Waals surface area contributed by atoms with Gasteiger partial charge >= 0.3 is 12.1 Å². The van der Waals surface area contributed by atoms with Gasteiger partial charge in [-0.3, -0.25) is 9.59 Å². The maximum Gasteiger partial charge on any atom is 0.407 e. The van der Waals surface area contributed by atoms with Crippen molar-refractivity contribution in [1.82, 2.24) is 10.6 Å². The molecular formula is C26H28N2O5. The number of benzene rings is 2. The second kappa shape index (κ2) is 8.54. The van der Waals surface area contributed by atoms with Crippen molar-refractivity contribution in [3.8, 4) is 11.1 Å². The van der Waals surface area contributed by atoms with Gasteiger partial charge < -0.3 is 20.5 Å². The fourth-order valence-corrected chi connectivity index (χ4v) is 5.28. The van der Waals surface area contributed by atoms with Crippen LogP contribution in [0, 0.1) is 11.3 Å². The van der Waals surface area contributed by atoms with E-state index in [2.05, 4.69) is 34.9 Å². The number of fused-ring (bicyclic) bond motifs is 3. The molecule has 5 rings (SSSR count). The van der Waals surface area contributed by atoms with Crippen molar-refractivity contribution in [3.63, 3.8) is 0 Å². The summed E-state index contributed by atoms with van der Waals surface area (Å²) in [5, 5.41) is 15.0. The van der Waals surface area contributed by atoms with E-state index < -0.39 is 23.4 Å². The molecule has 3 N–H and O–H groups in total. The molecule has 172 valence electrons. The Balaban J connectivity index is 1.16. The van der Waals surface area contributed by atoms with E-state index in [-0.39, 0.29) is 31.0 Å². The van der Waals surface area contributed by atoms with E-state index in [1.165, 1.54) is 11.1 Å². The Morgan fingerprint density at radius 1 is 0.970 bits per heavy atom. The standard InChI is InChI=1S/C26H28N2O5/c29-23(30)20-10-5-11-22(20)28-24(31)26(12-13-26)15-27-25(32)33-14-21-18-8-3-1-6-16(18)17-7-2-4-9-19(17)21/h1-4,6-9,20-22H,5,10-15H2,(H,27,32)(H,28,31)(H,29,30)/t20-,22+/m1/s1. The third kappa shape index (κ3) is 4.08. The molecule has 2 saturated carbocycles. The van der Waals surface area contributed by atoms with Gasteiger partial charge in [0.05, 0.1) is 11.3 Å². The topological polar surface area (TPSA) is 105 Å². The first-order valence-corrected chi connectivity index (χ1v) is 11.6. The number of nitrogens with one attached hydrogen (secondary N) is 2. The molecule has 2 aromatic carbocycles. The average Bonchev–Trinajstić information content (AvgIpc) is 3.36. The van der Waals surface area contributed by atoms with Gasteiger partial charge in [-0.15, -0.1) is 0 Å². The summed E-state index contributed by atoms with van der Waals surface area (Å²) in [6, 6.07) is 16.0. The summed E-state index contributed by atoms with van der Waals surface area (Å²) in [6.07, 6.45) is 2.87. The van der Waals surface area contributed by atoms with Crippen LogP contribution in [0.1, 0.15) is 49.1 Å². The zero-order valence-electron chi connectivity index (χ0n) is 18.4. The highest BCUT2D eigenvalue weighted by atomic mass is 16.5. The minimum Gasteiger partial charge on any atom is -0.481 e. The molecule has 33 heavy (non-hydrogen) atoms. The predicted molar refractivity (Wildman–Crippen MR) is 122 cm³/mol. The number of hydrogen-bond donors (Lipinski definition) is 3. The molecule has 0 heterocycles. The number of alkyl carbamates (subject to hydrolysis) is 1. The highest BCUT2D eigenvalue weighted by Gasteiger charge is 2.51. The zero-order chi connectivity index (χ0) is 23.0. The first kappa shape index (κ1) is 21.5. The second-order valence-electron chi connectivity index (χ2n) is 9.42. The second-order valence-corrected chi connectivity index (χ2v) is 9.42. The zero-order valence-corrected chi connectivity index (χ0v) is 18.4. The van der Waals surface area contributed by atoms with Gasteiger partial charge in [-0.05, 0) is 47.9 Å². The van der Waals surface area contributed by atoms with Gasteiger partial charge in [0.2, 0.25) is 5.91 Å². The Morgan fingerprint density at radius 2 is 1.61 bits per heavy atom. The number of rotatable bonds is 7. The Hall–Kier alpha value is -3.35. The third-order valence-corrected chi connectivity index (χ3v) is 7.40. The minimum absolute atomic E-state index is 0.0170. The van der Waals surface area contributed by atoms with E-state index in [0.29, 0.717) is 25.7 Å². The summed E-state index contributed by atoms with van der Waals surface area (Å²) in [7, 11) is 0. The molecule has 3 aliphatic rings. The van der Waals surface area contributed by atoms with Crippen molar-refractivity contribution in [2.75, 3.05) is 13.2 Å². The molecule has 0 aromatic heterocycles. The van der Waals surface area contributed by atoms with Crippen LogP contribution in [0.25, 0.3) is 11.1 Å². The molecule has 0 spiro atoms. The summed E-state index contributed by atoms with van der Waals surface area (Å²) in [5.41, 5.74) is 3.98. The quantitative estimate of drug-likeness (QED) is 0.599. The van der Waals surface area contributed by atoms with E-state index in [1.54, 1.807) is 0 Å².